The topological polar surface area (TPSA) is 37.3 Å². The van der Waals surface area contributed by atoms with Crippen LogP contribution in [0.1, 0.15) is 40.4 Å². The van der Waals surface area contributed by atoms with Crippen molar-refractivity contribution >= 4 is 5.78 Å². The minimum atomic E-state index is -0.574. The summed E-state index contributed by atoms with van der Waals surface area (Å²) in [7, 11) is 0. The van der Waals surface area contributed by atoms with Crippen LogP contribution in [0.15, 0.2) is 54.6 Å². The lowest BCUT2D eigenvalue weighted by molar-refractivity contribution is 0.0940. The molecule has 0 aliphatic heterocycles. The van der Waals surface area contributed by atoms with E-state index >= 15 is 0 Å². The molecule has 2 aromatic carbocycles. The van der Waals surface area contributed by atoms with Gasteiger partial charge < -0.3 is 5.11 Å². The quantitative estimate of drug-likeness (QED) is 0.826. The summed E-state index contributed by atoms with van der Waals surface area (Å²) in [4.78, 5) is 12.0. The van der Waals surface area contributed by atoms with Crippen molar-refractivity contribution in [3.8, 4) is 0 Å². The maximum atomic E-state index is 12.0. The number of Topliss-reactive ketones (excluding diaryl/α,β-unsaturated/α-hetero) is 1. The molecular weight excluding hydrogens is 236 g/mol. The number of carbonyl (C=O) groups is 1. The highest BCUT2D eigenvalue weighted by Crippen LogP contribution is 2.19. The number of benzene rings is 2. The molecule has 19 heavy (non-hydrogen) atoms. The molecule has 1 N–H and O–H groups in total. The summed E-state index contributed by atoms with van der Waals surface area (Å²) in [6.45, 7) is 1.99. The lowest BCUT2D eigenvalue weighted by atomic mass is 10.00. The molecule has 0 saturated carbocycles. The van der Waals surface area contributed by atoms with E-state index in [1.807, 2.05) is 61.5 Å². The summed E-state index contributed by atoms with van der Waals surface area (Å²) < 4.78 is 0. The Bertz CT molecular complexity index is 529. The van der Waals surface area contributed by atoms with Crippen molar-refractivity contribution in [1.29, 1.82) is 0 Å². The van der Waals surface area contributed by atoms with Gasteiger partial charge in [-0.3, -0.25) is 4.79 Å². The minimum absolute atomic E-state index is 0.0787. The third kappa shape index (κ3) is 3.76. The van der Waals surface area contributed by atoms with Gasteiger partial charge in [0.15, 0.2) is 5.78 Å². The van der Waals surface area contributed by atoms with Crippen LogP contribution in [-0.2, 0) is 0 Å². The molecule has 0 spiro atoms. The Labute approximate surface area is 113 Å². The maximum absolute atomic E-state index is 12.0. The number of aliphatic hydroxyl groups excluding tert-OH is 1. The van der Waals surface area contributed by atoms with Gasteiger partial charge in [-0.2, -0.15) is 0 Å². The highest BCUT2D eigenvalue weighted by Gasteiger charge is 2.11. The second-order valence-electron chi connectivity index (χ2n) is 4.75. The Balaban J connectivity index is 1.92. The van der Waals surface area contributed by atoms with Crippen LogP contribution in [0.5, 0.6) is 0 Å². The van der Waals surface area contributed by atoms with Gasteiger partial charge in [-0.25, -0.2) is 0 Å². The molecule has 0 aliphatic rings. The number of rotatable bonds is 5. The van der Waals surface area contributed by atoms with Crippen molar-refractivity contribution < 1.29 is 9.90 Å². The first-order valence-corrected chi connectivity index (χ1v) is 6.49. The molecule has 2 nitrogen and oxygen atoms in total. The fraction of sp³-hybridized carbons (Fsp3) is 0.235. The predicted octanol–water partition coefficient (Wildman–Crippen LogP) is 3.69. The average Bonchev–Trinajstić information content (AvgIpc) is 2.46. The molecule has 0 fully saturated rings. The summed E-state index contributed by atoms with van der Waals surface area (Å²) in [6.07, 6.45) is 0.242. The van der Waals surface area contributed by atoms with E-state index in [0.29, 0.717) is 18.4 Å². The van der Waals surface area contributed by atoms with Gasteiger partial charge >= 0.3 is 0 Å². The fourth-order valence-corrected chi connectivity index (χ4v) is 1.99. The molecule has 2 aromatic rings. The molecule has 2 heteroatoms. The normalized spacial score (nSPS) is 12.1. The van der Waals surface area contributed by atoms with E-state index in [0.717, 1.165) is 11.1 Å². The highest BCUT2D eigenvalue weighted by molar-refractivity contribution is 5.96. The third-order valence-electron chi connectivity index (χ3n) is 3.20. The second-order valence-corrected chi connectivity index (χ2v) is 4.75. The Hall–Kier alpha value is -1.93. The Morgan fingerprint density at radius 2 is 1.68 bits per heavy atom. The Kier molecular flexibility index (Phi) is 4.48. The smallest absolute Gasteiger partial charge is 0.162 e. The molecule has 2 rings (SSSR count). The number of hydrogen-bond donors (Lipinski definition) is 1. The summed E-state index contributed by atoms with van der Waals surface area (Å²) >= 11 is 0. The van der Waals surface area contributed by atoms with E-state index in [1.54, 1.807) is 0 Å². The summed E-state index contributed by atoms with van der Waals surface area (Å²) in [6, 6.07) is 17.0. The van der Waals surface area contributed by atoms with E-state index < -0.39 is 6.10 Å². The molecule has 0 bridgehead atoms. The number of ketones is 1. The van der Waals surface area contributed by atoms with Crippen LogP contribution in [0.25, 0.3) is 0 Å². The second kappa shape index (κ2) is 6.30. The summed E-state index contributed by atoms with van der Waals surface area (Å²) in [5.41, 5.74) is 2.71. The molecule has 98 valence electrons. The molecule has 0 saturated heterocycles. The van der Waals surface area contributed by atoms with Crippen molar-refractivity contribution in [3.05, 3.63) is 71.3 Å². The van der Waals surface area contributed by atoms with E-state index in [2.05, 4.69) is 0 Å². The zero-order chi connectivity index (χ0) is 13.7. The van der Waals surface area contributed by atoms with E-state index in [9.17, 15) is 9.90 Å². The van der Waals surface area contributed by atoms with Crippen molar-refractivity contribution in [3.63, 3.8) is 0 Å². The van der Waals surface area contributed by atoms with Gasteiger partial charge in [-0.1, -0.05) is 60.2 Å². The SMILES string of the molecule is Cc1ccc(C(=O)CCC(O)c2ccccc2)cc1. The van der Waals surface area contributed by atoms with Gasteiger partial charge in [0.05, 0.1) is 6.10 Å². The van der Waals surface area contributed by atoms with Crippen molar-refractivity contribution in [2.45, 2.75) is 25.9 Å². The molecule has 0 amide bonds. The number of aliphatic hydroxyl groups is 1. The minimum Gasteiger partial charge on any atom is -0.388 e. The maximum Gasteiger partial charge on any atom is 0.162 e. The fourth-order valence-electron chi connectivity index (χ4n) is 1.99. The number of carbonyl (C=O) groups excluding carboxylic acids is 1. The van der Waals surface area contributed by atoms with Gasteiger partial charge in [0.1, 0.15) is 0 Å². The van der Waals surface area contributed by atoms with Crippen molar-refractivity contribution in [1.82, 2.24) is 0 Å². The largest absolute Gasteiger partial charge is 0.388 e. The molecule has 0 heterocycles. The summed E-state index contributed by atoms with van der Waals surface area (Å²) in [5, 5.41) is 10.0. The Morgan fingerprint density at radius 3 is 2.32 bits per heavy atom. The number of hydrogen-bond acceptors (Lipinski definition) is 2. The van der Waals surface area contributed by atoms with Crippen molar-refractivity contribution in [2.75, 3.05) is 0 Å². The van der Waals surface area contributed by atoms with Crippen LogP contribution in [0, 0.1) is 6.92 Å². The van der Waals surface area contributed by atoms with Crippen LogP contribution >= 0.6 is 0 Å². The molecule has 1 atom stereocenters. The lowest BCUT2D eigenvalue weighted by Crippen LogP contribution is -2.04. The third-order valence-corrected chi connectivity index (χ3v) is 3.20. The van der Waals surface area contributed by atoms with Crippen LogP contribution in [-0.4, -0.2) is 10.9 Å². The predicted molar refractivity (Wildman–Crippen MR) is 76.1 cm³/mol. The lowest BCUT2D eigenvalue weighted by Gasteiger charge is -2.10. The monoisotopic (exact) mass is 254 g/mol. The molecular formula is C17H18O2. The molecule has 0 radical (unpaired) electrons. The molecule has 0 aliphatic carbocycles. The highest BCUT2D eigenvalue weighted by atomic mass is 16.3. The van der Waals surface area contributed by atoms with Crippen LogP contribution < -0.4 is 0 Å². The first-order chi connectivity index (χ1) is 9.16. The van der Waals surface area contributed by atoms with E-state index in [4.69, 9.17) is 0 Å². The van der Waals surface area contributed by atoms with E-state index in [1.165, 1.54) is 0 Å². The Morgan fingerprint density at radius 1 is 1.05 bits per heavy atom. The standard InChI is InChI=1S/C17H18O2/c1-13-7-9-15(10-8-13)17(19)12-11-16(18)14-5-3-2-4-6-14/h2-10,16,18H,11-12H2,1H3. The first kappa shape index (κ1) is 13.5. The average molecular weight is 254 g/mol. The van der Waals surface area contributed by atoms with Crippen LogP contribution in [0.2, 0.25) is 0 Å². The molecule has 1 unspecified atom stereocenters. The van der Waals surface area contributed by atoms with Gasteiger partial charge in [0.25, 0.3) is 0 Å². The van der Waals surface area contributed by atoms with Gasteiger partial charge in [0, 0.05) is 12.0 Å². The van der Waals surface area contributed by atoms with Gasteiger partial charge in [0.2, 0.25) is 0 Å². The summed E-state index contributed by atoms with van der Waals surface area (Å²) in [5.74, 6) is 0.0787. The van der Waals surface area contributed by atoms with E-state index in [-0.39, 0.29) is 5.78 Å². The number of aryl methyl sites for hydroxylation is 1. The van der Waals surface area contributed by atoms with Crippen LogP contribution in [0.4, 0.5) is 0 Å². The first-order valence-electron chi connectivity index (χ1n) is 6.49. The van der Waals surface area contributed by atoms with Gasteiger partial charge in [-0.05, 0) is 18.9 Å². The zero-order valence-corrected chi connectivity index (χ0v) is 11.0. The van der Waals surface area contributed by atoms with Crippen molar-refractivity contribution in [2.24, 2.45) is 0 Å². The zero-order valence-electron chi connectivity index (χ0n) is 11.0. The molecule has 0 aromatic heterocycles. The van der Waals surface area contributed by atoms with Gasteiger partial charge in [-0.15, -0.1) is 0 Å². The van der Waals surface area contributed by atoms with Crippen LogP contribution in [0.3, 0.4) is 0 Å².